The van der Waals surface area contributed by atoms with E-state index in [1.54, 1.807) is 0 Å². The second-order valence-electron chi connectivity index (χ2n) is 4.91. The van der Waals surface area contributed by atoms with Crippen molar-refractivity contribution in [2.24, 2.45) is 0 Å². The van der Waals surface area contributed by atoms with Crippen molar-refractivity contribution in [1.82, 2.24) is 5.16 Å². The molecule has 0 aliphatic carbocycles. The Labute approximate surface area is 149 Å². The summed E-state index contributed by atoms with van der Waals surface area (Å²) in [6.45, 7) is 0. The lowest BCUT2D eigenvalue weighted by molar-refractivity contribution is -0.155. The number of ether oxygens (including phenoxy) is 1. The number of thiophene rings is 1. The maximum Gasteiger partial charge on any atom is 0.452 e. The molecule has 0 aliphatic rings. The molecule has 3 aromatic rings. The Kier molecular flexibility index (Phi) is 4.67. The van der Waals surface area contributed by atoms with Crippen LogP contribution < -0.4 is 8.92 Å². The van der Waals surface area contributed by atoms with Gasteiger partial charge in [-0.15, -0.1) is 11.3 Å². The standard InChI is InChI=1S/C15H10F3NO5S2/c1-22-9-2-4-10(5-3-9)24-26(20,21)14-7-6-12(25-14)11-8-13(23-19-11)15(16,17)18/h2-8H,1H3. The van der Waals surface area contributed by atoms with Crippen LogP contribution >= 0.6 is 11.3 Å². The second kappa shape index (κ2) is 6.65. The third kappa shape index (κ3) is 3.83. The van der Waals surface area contributed by atoms with Gasteiger partial charge in [-0.1, -0.05) is 5.16 Å². The van der Waals surface area contributed by atoms with E-state index in [-0.39, 0.29) is 20.5 Å². The van der Waals surface area contributed by atoms with Crippen molar-refractivity contribution in [3.05, 3.63) is 48.2 Å². The lowest BCUT2D eigenvalue weighted by Gasteiger charge is -2.05. The molecule has 2 aromatic heterocycles. The minimum Gasteiger partial charge on any atom is -0.497 e. The molecule has 26 heavy (non-hydrogen) atoms. The Bertz CT molecular complexity index is 1010. The van der Waals surface area contributed by atoms with E-state index < -0.39 is 22.1 Å². The van der Waals surface area contributed by atoms with E-state index in [2.05, 4.69) is 9.68 Å². The van der Waals surface area contributed by atoms with Gasteiger partial charge in [0.15, 0.2) is 4.21 Å². The zero-order chi connectivity index (χ0) is 18.9. The van der Waals surface area contributed by atoms with Crippen LogP contribution in [0.15, 0.2) is 51.2 Å². The molecule has 0 aliphatic heterocycles. The molecular weight excluding hydrogens is 395 g/mol. The Hall–Kier alpha value is -2.53. The average Bonchev–Trinajstić information content (AvgIpc) is 3.24. The van der Waals surface area contributed by atoms with Crippen molar-refractivity contribution in [2.45, 2.75) is 10.4 Å². The number of hydrogen-bond donors (Lipinski definition) is 0. The quantitative estimate of drug-likeness (QED) is 0.592. The van der Waals surface area contributed by atoms with Crippen LogP contribution in [0, 0.1) is 0 Å². The largest absolute Gasteiger partial charge is 0.497 e. The molecule has 0 unspecified atom stereocenters. The number of hydrogen-bond acceptors (Lipinski definition) is 7. The fourth-order valence-electron chi connectivity index (χ4n) is 1.92. The topological polar surface area (TPSA) is 78.6 Å². The van der Waals surface area contributed by atoms with Crippen LogP contribution in [0.1, 0.15) is 5.76 Å². The van der Waals surface area contributed by atoms with Gasteiger partial charge >= 0.3 is 16.3 Å². The fraction of sp³-hybridized carbons (Fsp3) is 0.133. The summed E-state index contributed by atoms with van der Waals surface area (Å²) < 4.78 is 76.3. The molecule has 138 valence electrons. The molecule has 0 saturated heterocycles. The predicted molar refractivity (Wildman–Crippen MR) is 85.6 cm³/mol. The molecule has 0 spiro atoms. The van der Waals surface area contributed by atoms with E-state index in [1.807, 2.05) is 0 Å². The number of methoxy groups -OCH3 is 1. The van der Waals surface area contributed by atoms with Crippen molar-refractivity contribution < 1.29 is 35.0 Å². The molecule has 0 fully saturated rings. The van der Waals surface area contributed by atoms with Crippen LogP contribution in [0.5, 0.6) is 11.5 Å². The third-order valence-corrected chi connectivity index (χ3v) is 5.94. The van der Waals surface area contributed by atoms with E-state index in [0.717, 1.165) is 0 Å². The molecule has 1 aromatic carbocycles. The Morgan fingerprint density at radius 2 is 1.73 bits per heavy atom. The first kappa shape index (κ1) is 18.3. The number of benzene rings is 1. The van der Waals surface area contributed by atoms with Gasteiger partial charge in [-0.05, 0) is 36.4 Å². The molecule has 0 amide bonds. The monoisotopic (exact) mass is 405 g/mol. The lowest BCUT2D eigenvalue weighted by Crippen LogP contribution is -2.07. The number of alkyl halides is 3. The molecule has 0 bridgehead atoms. The molecular formula is C15H10F3NO5S2. The lowest BCUT2D eigenvalue weighted by atomic mass is 10.3. The Balaban J connectivity index is 1.82. The highest BCUT2D eigenvalue weighted by Gasteiger charge is 2.36. The first-order valence-corrected chi connectivity index (χ1v) is 9.14. The SMILES string of the molecule is COc1ccc(OS(=O)(=O)c2ccc(-c3cc(C(F)(F)F)on3)s2)cc1. The van der Waals surface area contributed by atoms with E-state index >= 15 is 0 Å². The van der Waals surface area contributed by atoms with Crippen molar-refractivity contribution >= 4 is 21.5 Å². The first-order chi connectivity index (χ1) is 12.2. The highest BCUT2D eigenvalue weighted by Crippen LogP contribution is 2.36. The Morgan fingerprint density at radius 1 is 1.08 bits per heavy atom. The molecule has 2 heterocycles. The van der Waals surface area contributed by atoms with Gasteiger partial charge in [0.1, 0.15) is 17.2 Å². The van der Waals surface area contributed by atoms with Gasteiger partial charge in [-0.2, -0.15) is 21.6 Å². The number of halogens is 3. The third-order valence-electron chi connectivity index (χ3n) is 3.14. The van der Waals surface area contributed by atoms with Crippen LogP contribution in [0.3, 0.4) is 0 Å². The van der Waals surface area contributed by atoms with Crippen LogP contribution in [0.25, 0.3) is 10.6 Å². The van der Waals surface area contributed by atoms with Crippen LogP contribution in [0.2, 0.25) is 0 Å². The van der Waals surface area contributed by atoms with Crippen molar-refractivity contribution in [3.8, 4) is 22.1 Å². The van der Waals surface area contributed by atoms with Crippen molar-refractivity contribution in [2.75, 3.05) is 7.11 Å². The molecule has 3 rings (SSSR count). The second-order valence-corrected chi connectivity index (χ2v) is 7.76. The van der Waals surface area contributed by atoms with Gasteiger partial charge in [0.05, 0.1) is 12.0 Å². The molecule has 11 heteroatoms. The van der Waals surface area contributed by atoms with Gasteiger partial charge < -0.3 is 13.4 Å². The zero-order valence-corrected chi connectivity index (χ0v) is 14.6. The minimum absolute atomic E-state index is 0.0709. The number of rotatable bonds is 5. The molecule has 0 N–H and O–H groups in total. The van der Waals surface area contributed by atoms with Crippen molar-refractivity contribution in [1.29, 1.82) is 0 Å². The predicted octanol–water partition coefficient (Wildman–Crippen LogP) is 4.20. The van der Waals surface area contributed by atoms with E-state index in [1.165, 1.54) is 43.5 Å². The van der Waals surface area contributed by atoms with Gasteiger partial charge in [0.2, 0.25) is 5.76 Å². The average molecular weight is 405 g/mol. The maximum absolute atomic E-state index is 12.6. The summed E-state index contributed by atoms with van der Waals surface area (Å²) in [5, 5.41) is 3.32. The zero-order valence-electron chi connectivity index (χ0n) is 13.0. The summed E-state index contributed by atoms with van der Waals surface area (Å²) in [5.74, 6) is -0.666. The summed E-state index contributed by atoms with van der Waals surface area (Å²) in [4.78, 5) is 0.196. The van der Waals surface area contributed by atoms with E-state index in [9.17, 15) is 21.6 Å². The maximum atomic E-state index is 12.6. The van der Waals surface area contributed by atoms with Gasteiger partial charge in [-0.25, -0.2) is 0 Å². The van der Waals surface area contributed by atoms with Crippen LogP contribution in [-0.2, 0) is 16.3 Å². The summed E-state index contributed by atoms with van der Waals surface area (Å²) in [7, 11) is -2.68. The van der Waals surface area contributed by atoms with E-state index in [0.29, 0.717) is 23.2 Å². The van der Waals surface area contributed by atoms with Gasteiger partial charge in [-0.3, -0.25) is 0 Å². The smallest absolute Gasteiger partial charge is 0.452 e. The Morgan fingerprint density at radius 3 is 2.31 bits per heavy atom. The summed E-state index contributed by atoms with van der Waals surface area (Å²) in [6.07, 6.45) is -4.67. The summed E-state index contributed by atoms with van der Waals surface area (Å²) in [6, 6.07) is 9.13. The van der Waals surface area contributed by atoms with E-state index in [4.69, 9.17) is 8.92 Å². The van der Waals surface area contributed by atoms with Crippen molar-refractivity contribution in [3.63, 3.8) is 0 Å². The molecule has 6 nitrogen and oxygen atoms in total. The molecule has 0 radical (unpaired) electrons. The normalized spacial score (nSPS) is 12.2. The van der Waals surface area contributed by atoms with Crippen LogP contribution in [-0.4, -0.2) is 20.7 Å². The summed E-state index contributed by atoms with van der Waals surface area (Å²) in [5.41, 5.74) is -0.117. The molecule has 0 saturated carbocycles. The highest BCUT2D eigenvalue weighted by molar-refractivity contribution is 7.89. The highest BCUT2D eigenvalue weighted by atomic mass is 32.3. The van der Waals surface area contributed by atoms with Gasteiger partial charge in [0, 0.05) is 6.07 Å². The fourth-order valence-corrected chi connectivity index (χ4v) is 4.07. The molecule has 0 atom stereocenters. The van der Waals surface area contributed by atoms with Gasteiger partial charge in [0.25, 0.3) is 0 Å². The van der Waals surface area contributed by atoms with Crippen LogP contribution in [0.4, 0.5) is 13.2 Å². The number of nitrogens with zero attached hydrogens (tertiary/aromatic N) is 1. The first-order valence-electron chi connectivity index (χ1n) is 6.92. The minimum atomic E-state index is -4.67. The summed E-state index contributed by atoms with van der Waals surface area (Å²) >= 11 is 0.716. The number of aromatic nitrogens is 1.